The van der Waals surface area contributed by atoms with Gasteiger partial charge in [0.1, 0.15) is 0 Å². The fraction of sp³-hybridized carbons (Fsp3) is 0.294. The van der Waals surface area contributed by atoms with Gasteiger partial charge in [-0.25, -0.2) is 0 Å². The van der Waals surface area contributed by atoms with Crippen LogP contribution in [0.15, 0.2) is 48.5 Å². The highest BCUT2D eigenvalue weighted by Gasteiger charge is 2.26. The fourth-order valence-corrected chi connectivity index (χ4v) is 2.35. The number of rotatable bonds is 5. The Morgan fingerprint density at radius 1 is 1.10 bits per heavy atom. The molecule has 2 rings (SSSR count). The molecule has 1 atom stereocenters. The van der Waals surface area contributed by atoms with Crippen LogP contribution in [0.5, 0.6) is 0 Å². The first-order chi connectivity index (χ1) is 9.59. The summed E-state index contributed by atoms with van der Waals surface area (Å²) in [6, 6.07) is 15.9. The highest BCUT2D eigenvalue weighted by atomic mass is 35.5. The molecular weight excluding hydrogens is 270 g/mol. The van der Waals surface area contributed by atoms with Crippen LogP contribution in [-0.4, -0.2) is 11.7 Å². The van der Waals surface area contributed by atoms with Crippen LogP contribution in [0, 0.1) is 0 Å². The van der Waals surface area contributed by atoms with Crippen LogP contribution in [0.25, 0.3) is 0 Å². The number of benzene rings is 2. The monoisotopic (exact) mass is 289 g/mol. The molecule has 2 aromatic rings. The van der Waals surface area contributed by atoms with Crippen molar-refractivity contribution in [1.82, 2.24) is 0 Å². The van der Waals surface area contributed by atoms with E-state index in [2.05, 4.69) is 36.5 Å². The Bertz CT molecular complexity index is 567. The number of para-hydroxylation sites is 1. The third-order valence-corrected chi connectivity index (χ3v) is 3.93. The van der Waals surface area contributed by atoms with Gasteiger partial charge in [-0.05, 0) is 36.6 Å². The van der Waals surface area contributed by atoms with Gasteiger partial charge in [-0.2, -0.15) is 0 Å². The van der Waals surface area contributed by atoms with Crippen molar-refractivity contribution in [2.45, 2.75) is 25.8 Å². The van der Waals surface area contributed by atoms with Crippen molar-refractivity contribution in [3.63, 3.8) is 0 Å². The number of halogens is 1. The molecule has 1 unspecified atom stereocenters. The third kappa shape index (κ3) is 3.14. The zero-order valence-electron chi connectivity index (χ0n) is 11.9. The number of aryl methyl sites for hydroxylation is 1. The quantitative estimate of drug-likeness (QED) is 0.864. The summed E-state index contributed by atoms with van der Waals surface area (Å²) in [7, 11) is 0. The molecule has 0 saturated heterocycles. The Hall–Kier alpha value is -1.51. The van der Waals surface area contributed by atoms with Gasteiger partial charge >= 0.3 is 0 Å². The van der Waals surface area contributed by atoms with Crippen LogP contribution >= 0.6 is 11.6 Å². The van der Waals surface area contributed by atoms with Crippen LogP contribution in [-0.2, 0) is 12.0 Å². The second-order valence-electron chi connectivity index (χ2n) is 5.15. The highest BCUT2D eigenvalue weighted by molar-refractivity contribution is 6.33. The van der Waals surface area contributed by atoms with Crippen molar-refractivity contribution in [2.24, 2.45) is 0 Å². The first-order valence-corrected chi connectivity index (χ1v) is 7.20. The molecular formula is C17H20ClNO. The minimum atomic E-state index is -0.558. The lowest BCUT2D eigenvalue weighted by atomic mass is 9.91. The predicted molar refractivity (Wildman–Crippen MR) is 85.3 cm³/mol. The van der Waals surface area contributed by atoms with E-state index in [-0.39, 0.29) is 6.61 Å². The standard InChI is InChI=1S/C17H20ClNO/c1-3-13-8-10-14(11-9-13)17(2,12-20)19-16-7-5-4-6-15(16)18/h4-11,19-20H,3,12H2,1-2H3. The normalized spacial score (nSPS) is 13.8. The first-order valence-electron chi connectivity index (χ1n) is 6.82. The molecule has 0 radical (unpaired) electrons. The summed E-state index contributed by atoms with van der Waals surface area (Å²) in [6.07, 6.45) is 1.01. The summed E-state index contributed by atoms with van der Waals surface area (Å²) in [4.78, 5) is 0. The topological polar surface area (TPSA) is 32.3 Å². The Morgan fingerprint density at radius 3 is 2.30 bits per heavy atom. The zero-order valence-corrected chi connectivity index (χ0v) is 12.6. The minimum absolute atomic E-state index is 0.0102. The molecule has 2 aromatic carbocycles. The lowest BCUT2D eigenvalue weighted by Gasteiger charge is -2.31. The predicted octanol–water partition coefficient (Wildman–Crippen LogP) is 4.22. The zero-order chi connectivity index (χ0) is 14.6. The molecule has 0 amide bonds. The van der Waals surface area contributed by atoms with Crippen LogP contribution in [0.4, 0.5) is 5.69 Å². The van der Waals surface area contributed by atoms with Gasteiger partial charge in [0.2, 0.25) is 0 Å². The van der Waals surface area contributed by atoms with Gasteiger partial charge in [-0.1, -0.05) is 54.9 Å². The van der Waals surface area contributed by atoms with E-state index in [1.54, 1.807) is 0 Å². The summed E-state index contributed by atoms with van der Waals surface area (Å²) in [5, 5.41) is 13.8. The Labute approximate surface area is 125 Å². The van der Waals surface area contributed by atoms with Crippen LogP contribution in [0.3, 0.4) is 0 Å². The molecule has 0 heterocycles. The molecule has 2 N–H and O–H groups in total. The van der Waals surface area contributed by atoms with Crippen molar-refractivity contribution in [1.29, 1.82) is 0 Å². The number of hydrogen-bond donors (Lipinski definition) is 2. The van der Waals surface area contributed by atoms with Gasteiger partial charge in [-0.15, -0.1) is 0 Å². The van der Waals surface area contributed by atoms with Crippen molar-refractivity contribution in [3.8, 4) is 0 Å². The summed E-state index contributed by atoms with van der Waals surface area (Å²) in [5.41, 5.74) is 2.59. The van der Waals surface area contributed by atoms with Gasteiger partial charge in [-0.3, -0.25) is 0 Å². The van der Waals surface area contributed by atoms with Crippen LogP contribution in [0.1, 0.15) is 25.0 Å². The lowest BCUT2D eigenvalue weighted by Crippen LogP contribution is -2.35. The number of anilines is 1. The van der Waals surface area contributed by atoms with E-state index >= 15 is 0 Å². The summed E-state index contributed by atoms with van der Waals surface area (Å²) in [6.45, 7) is 4.09. The van der Waals surface area contributed by atoms with Crippen LogP contribution < -0.4 is 5.32 Å². The van der Waals surface area contributed by atoms with Crippen molar-refractivity contribution < 1.29 is 5.11 Å². The van der Waals surface area contributed by atoms with Crippen LogP contribution in [0.2, 0.25) is 5.02 Å². The molecule has 0 bridgehead atoms. The van der Waals surface area contributed by atoms with E-state index in [9.17, 15) is 5.11 Å². The minimum Gasteiger partial charge on any atom is -0.394 e. The maximum Gasteiger partial charge on any atom is 0.0828 e. The van der Waals surface area contributed by atoms with E-state index in [4.69, 9.17) is 11.6 Å². The molecule has 0 spiro atoms. The molecule has 20 heavy (non-hydrogen) atoms. The van der Waals surface area contributed by atoms with E-state index in [0.717, 1.165) is 17.7 Å². The number of hydrogen-bond acceptors (Lipinski definition) is 2. The lowest BCUT2D eigenvalue weighted by molar-refractivity contribution is 0.224. The Morgan fingerprint density at radius 2 is 1.75 bits per heavy atom. The average Bonchev–Trinajstić information content (AvgIpc) is 2.49. The SMILES string of the molecule is CCc1ccc(C(C)(CO)Nc2ccccc2Cl)cc1. The van der Waals surface area contributed by atoms with Gasteiger partial charge in [0, 0.05) is 0 Å². The summed E-state index contributed by atoms with van der Waals surface area (Å²) < 4.78 is 0. The first kappa shape index (κ1) is 14.9. The number of aliphatic hydroxyl groups is 1. The maximum absolute atomic E-state index is 9.81. The van der Waals surface area contributed by atoms with Gasteiger partial charge in [0.15, 0.2) is 0 Å². The molecule has 0 fully saturated rings. The Kier molecular flexibility index (Phi) is 4.69. The van der Waals surface area contributed by atoms with Gasteiger partial charge < -0.3 is 10.4 Å². The van der Waals surface area contributed by atoms with Crippen molar-refractivity contribution >= 4 is 17.3 Å². The number of aliphatic hydroxyl groups excluding tert-OH is 1. The molecule has 0 aliphatic heterocycles. The van der Waals surface area contributed by atoms with E-state index in [1.807, 2.05) is 31.2 Å². The Balaban J connectivity index is 2.30. The van der Waals surface area contributed by atoms with E-state index in [0.29, 0.717) is 5.02 Å². The van der Waals surface area contributed by atoms with E-state index < -0.39 is 5.54 Å². The molecule has 0 aromatic heterocycles. The van der Waals surface area contributed by atoms with Crippen molar-refractivity contribution in [2.75, 3.05) is 11.9 Å². The highest BCUT2D eigenvalue weighted by Crippen LogP contribution is 2.30. The largest absolute Gasteiger partial charge is 0.394 e. The molecule has 0 aliphatic rings. The smallest absolute Gasteiger partial charge is 0.0828 e. The van der Waals surface area contributed by atoms with E-state index in [1.165, 1.54) is 5.56 Å². The van der Waals surface area contributed by atoms with Crippen molar-refractivity contribution in [3.05, 3.63) is 64.7 Å². The molecule has 0 aliphatic carbocycles. The summed E-state index contributed by atoms with van der Waals surface area (Å²) in [5.74, 6) is 0. The van der Waals surface area contributed by atoms with Gasteiger partial charge in [0.25, 0.3) is 0 Å². The number of nitrogens with one attached hydrogen (secondary N) is 1. The second kappa shape index (κ2) is 6.29. The maximum atomic E-state index is 9.81. The molecule has 3 heteroatoms. The third-order valence-electron chi connectivity index (χ3n) is 3.60. The van der Waals surface area contributed by atoms with Gasteiger partial charge in [0.05, 0.1) is 22.9 Å². The average molecular weight is 290 g/mol. The molecule has 2 nitrogen and oxygen atoms in total. The molecule has 0 saturated carbocycles. The summed E-state index contributed by atoms with van der Waals surface area (Å²) >= 11 is 6.18. The molecule has 106 valence electrons. The second-order valence-corrected chi connectivity index (χ2v) is 5.55. The fourth-order valence-electron chi connectivity index (χ4n) is 2.17.